The second-order valence-corrected chi connectivity index (χ2v) is 7.67. The normalized spacial score (nSPS) is 17.6. The first-order valence-corrected chi connectivity index (χ1v) is 9.00. The number of phenolic OH excluding ortho intramolecular Hbond substituents is 1. The fourth-order valence-corrected chi connectivity index (χ4v) is 4.37. The molecule has 1 N–H and O–H groups in total. The lowest BCUT2D eigenvalue weighted by atomic mass is 10.0. The van der Waals surface area contributed by atoms with Crippen LogP contribution in [0.2, 0.25) is 5.02 Å². The van der Waals surface area contributed by atoms with Gasteiger partial charge < -0.3 is 9.84 Å². The predicted octanol–water partition coefficient (Wildman–Crippen LogP) is 3.11. The first-order valence-electron chi connectivity index (χ1n) is 6.97. The molecule has 0 saturated heterocycles. The van der Waals surface area contributed by atoms with Crippen molar-refractivity contribution < 1.29 is 23.1 Å². The number of benzene rings is 2. The molecule has 0 aromatic heterocycles. The maximum Gasteiger partial charge on any atom is 0.191 e. The van der Waals surface area contributed by atoms with E-state index in [0.717, 1.165) is 0 Å². The molecule has 0 atom stereocenters. The molecule has 1 aliphatic heterocycles. The van der Waals surface area contributed by atoms with E-state index in [1.807, 2.05) is 0 Å². The van der Waals surface area contributed by atoms with Crippen LogP contribution in [0.3, 0.4) is 0 Å². The summed E-state index contributed by atoms with van der Waals surface area (Å²) in [5, 5.41) is 9.80. The van der Waals surface area contributed by atoms with Crippen LogP contribution in [0, 0.1) is 0 Å². The second kappa shape index (κ2) is 5.96. The zero-order valence-electron chi connectivity index (χ0n) is 12.6. The number of Topliss-reactive ketones (excluding diaryl/α,β-unsaturated/α-hetero) is 1. The number of rotatable bonds is 2. The van der Waals surface area contributed by atoms with Gasteiger partial charge >= 0.3 is 0 Å². The highest BCUT2D eigenvalue weighted by Gasteiger charge is 2.32. The number of ketones is 1. The Kier molecular flexibility index (Phi) is 4.11. The first kappa shape index (κ1) is 16.5. The van der Waals surface area contributed by atoms with Gasteiger partial charge in [-0.05, 0) is 35.9 Å². The van der Waals surface area contributed by atoms with Crippen LogP contribution < -0.4 is 4.74 Å². The number of halogens is 1. The predicted molar refractivity (Wildman–Crippen MR) is 90.5 cm³/mol. The van der Waals surface area contributed by atoms with E-state index in [9.17, 15) is 18.3 Å². The van der Waals surface area contributed by atoms with Gasteiger partial charge in [0.2, 0.25) is 0 Å². The molecule has 0 aliphatic carbocycles. The Balaban J connectivity index is 2.13. The van der Waals surface area contributed by atoms with Crippen molar-refractivity contribution in [1.29, 1.82) is 0 Å². The highest BCUT2D eigenvalue weighted by molar-refractivity contribution is 7.91. The Bertz CT molecular complexity index is 976. The fourth-order valence-electron chi connectivity index (χ4n) is 2.59. The van der Waals surface area contributed by atoms with E-state index in [4.69, 9.17) is 16.3 Å². The van der Waals surface area contributed by atoms with Crippen molar-refractivity contribution in [2.75, 3.05) is 12.9 Å². The minimum atomic E-state index is -3.58. The lowest BCUT2D eigenvalue weighted by molar-refractivity contribution is 0.103. The van der Waals surface area contributed by atoms with E-state index < -0.39 is 9.84 Å². The van der Waals surface area contributed by atoms with Crippen LogP contribution >= 0.6 is 11.6 Å². The number of aromatic hydroxyl groups is 1. The minimum Gasteiger partial charge on any atom is -0.503 e. The lowest BCUT2D eigenvalue weighted by Crippen LogP contribution is -2.24. The average molecular weight is 365 g/mol. The molecule has 0 bridgehead atoms. The number of fused-ring (bicyclic) bond motifs is 1. The van der Waals surface area contributed by atoms with E-state index in [2.05, 4.69) is 0 Å². The summed E-state index contributed by atoms with van der Waals surface area (Å²) in [7, 11) is -2.21. The van der Waals surface area contributed by atoms with Gasteiger partial charge in [-0.3, -0.25) is 4.79 Å². The molecule has 1 heterocycles. The minimum absolute atomic E-state index is 0.0488. The zero-order chi connectivity index (χ0) is 17.5. The van der Waals surface area contributed by atoms with E-state index >= 15 is 0 Å². The summed E-state index contributed by atoms with van der Waals surface area (Å²) in [5.74, 6) is -0.803. The second-order valence-electron chi connectivity index (χ2n) is 5.31. The van der Waals surface area contributed by atoms with E-state index in [-0.39, 0.29) is 44.1 Å². The lowest BCUT2D eigenvalue weighted by Gasteiger charge is -2.18. The molecule has 3 rings (SSSR count). The molecule has 5 nitrogen and oxygen atoms in total. The standard InChI is InChI=1S/C17H13ClO5S/c1-23-14-8-10(7-13(18)17(14)20)6-11-9-24(21,22)15-5-3-2-4-12(15)16(11)19/h2-8,20H,9H2,1H3. The summed E-state index contributed by atoms with van der Waals surface area (Å²) in [6.45, 7) is 0. The maximum absolute atomic E-state index is 12.6. The monoisotopic (exact) mass is 364 g/mol. The van der Waals surface area contributed by atoms with Gasteiger partial charge in [0.1, 0.15) is 0 Å². The van der Waals surface area contributed by atoms with Crippen LogP contribution in [0.15, 0.2) is 46.9 Å². The molecule has 2 aromatic rings. The van der Waals surface area contributed by atoms with Crippen LogP contribution in [-0.4, -0.2) is 32.2 Å². The Labute approximate surface area is 144 Å². The van der Waals surface area contributed by atoms with E-state index in [1.165, 1.54) is 37.5 Å². The number of phenols is 1. The zero-order valence-corrected chi connectivity index (χ0v) is 14.2. The molecule has 0 saturated carbocycles. The number of methoxy groups -OCH3 is 1. The number of hydrogen-bond acceptors (Lipinski definition) is 5. The van der Waals surface area contributed by atoms with Crippen LogP contribution in [0.25, 0.3) is 6.08 Å². The van der Waals surface area contributed by atoms with Crippen LogP contribution in [-0.2, 0) is 9.84 Å². The third-order valence-electron chi connectivity index (χ3n) is 3.72. The summed E-state index contributed by atoms with van der Waals surface area (Å²) in [6.07, 6.45) is 1.45. The van der Waals surface area contributed by atoms with Gasteiger partial charge in [-0.2, -0.15) is 0 Å². The molecule has 0 spiro atoms. The van der Waals surface area contributed by atoms with Crippen LogP contribution in [0.4, 0.5) is 0 Å². The van der Waals surface area contributed by atoms with Crippen molar-refractivity contribution in [3.05, 3.63) is 58.1 Å². The van der Waals surface area contributed by atoms with Crippen molar-refractivity contribution in [2.45, 2.75) is 4.90 Å². The molecular weight excluding hydrogens is 352 g/mol. The van der Waals surface area contributed by atoms with Gasteiger partial charge in [-0.25, -0.2) is 8.42 Å². The molecule has 0 amide bonds. The Morgan fingerprint density at radius 1 is 1.25 bits per heavy atom. The van der Waals surface area contributed by atoms with Crippen molar-refractivity contribution >= 4 is 33.3 Å². The average Bonchev–Trinajstić information content (AvgIpc) is 2.55. The van der Waals surface area contributed by atoms with Crippen molar-refractivity contribution in [1.82, 2.24) is 0 Å². The molecule has 1 aliphatic rings. The SMILES string of the molecule is COc1cc(C=C2CS(=O)(=O)c3ccccc3C2=O)cc(Cl)c1O. The van der Waals surface area contributed by atoms with Gasteiger partial charge in [-0.1, -0.05) is 23.7 Å². The molecule has 24 heavy (non-hydrogen) atoms. The van der Waals surface area contributed by atoms with Crippen LogP contribution in [0.5, 0.6) is 11.5 Å². The van der Waals surface area contributed by atoms with Gasteiger partial charge in [0, 0.05) is 11.1 Å². The largest absolute Gasteiger partial charge is 0.503 e. The maximum atomic E-state index is 12.6. The molecule has 7 heteroatoms. The molecule has 124 valence electrons. The molecule has 0 unspecified atom stereocenters. The Morgan fingerprint density at radius 2 is 1.96 bits per heavy atom. The Morgan fingerprint density at radius 3 is 2.67 bits per heavy atom. The number of sulfone groups is 1. The third kappa shape index (κ3) is 2.79. The number of carbonyl (C=O) groups excluding carboxylic acids is 1. The molecule has 0 fully saturated rings. The summed E-state index contributed by atoms with van der Waals surface area (Å²) < 4.78 is 29.8. The molecule has 2 aromatic carbocycles. The highest BCUT2D eigenvalue weighted by Crippen LogP contribution is 2.36. The Hall–Kier alpha value is -2.31. The number of ether oxygens (including phenoxy) is 1. The van der Waals surface area contributed by atoms with Gasteiger partial charge in [0.05, 0.1) is 22.8 Å². The van der Waals surface area contributed by atoms with Gasteiger partial charge in [0.15, 0.2) is 27.1 Å². The topological polar surface area (TPSA) is 80.7 Å². The first-order chi connectivity index (χ1) is 11.3. The van der Waals surface area contributed by atoms with E-state index in [0.29, 0.717) is 5.56 Å². The number of carbonyl (C=O) groups is 1. The van der Waals surface area contributed by atoms with Crippen molar-refractivity contribution in [2.24, 2.45) is 0 Å². The number of hydrogen-bond donors (Lipinski definition) is 1. The quantitative estimate of drug-likeness (QED) is 0.828. The van der Waals surface area contributed by atoms with Gasteiger partial charge in [-0.15, -0.1) is 0 Å². The third-order valence-corrected chi connectivity index (χ3v) is 5.72. The van der Waals surface area contributed by atoms with E-state index in [1.54, 1.807) is 12.1 Å². The molecular formula is C17H13ClO5S. The highest BCUT2D eigenvalue weighted by atomic mass is 35.5. The smallest absolute Gasteiger partial charge is 0.191 e. The van der Waals surface area contributed by atoms with Crippen molar-refractivity contribution in [3.63, 3.8) is 0 Å². The summed E-state index contributed by atoms with van der Waals surface area (Å²) in [5.41, 5.74) is 0.761. The van der Waals surface area contributed by atoms with Crippen molar-refractivity contribution in [3.8, 4) is 11.5 Å². The fraction of sp³-hybridized carbons (Fsp3) is 0.118. The van der Waals surface area contributed by atoms with Crippen LogP contribution in [0.1, 0.15) is 15.9 Å². The molecule has 0 radical (unpaired) electrons. The summed E-state index contributed by atoms with van der Waals surface area (Å²) >= 11 is 5.93. The summed E-state index contributed by atoms with van der Waals surface area (Å²) in [6, 6.07) is 9.05. The van der Waals surface area contributed by atoms with Gasteiger partial charge in [0.25, 0.3) is 0 Å². The summed E-state index contributed by atoms with van der Waals surface area (Å²) in [4.78, 5) is 12.6.